The maximum Gasteiger partial charge on any atom is 0.315 e. The van der Waals surface area contributed by atoms with E-state index >= 15 is 0 Å². The quantitative estimate of drug-likeness (QED) is 0.538. The molecule has 0 unspecified atom stereocenters. The minimum Gasteiger partial charge on any atom is -0.466 e. The van der Waals surface area contributed by atoms with Gasteiger partial charge in [0.25, 0.3) is 0 Å². The Bertz CT molecular complexity index is 286. The van der Waals surface area contributed by atoms with Crippen molar-refractivity contribution in [1.29, 1.82) is 0 Å². The molecule has 0 aromatic carbocycles. The van der Waals surface area contributed by atoms with Crippen LogP contribution in [0.1, 0.15) is 26.2 Å². The SMILES string of the molecule is CCOC(=O)CC(=O)N(C)CC1CCN(C)CC1. The summed E-state index contributed by atoms with van der Waals surface area (Å²) in [5.41, 5.74) is 0. The molecule has 1 aliphatic rings. The number of amides is 1. The van der Waals surface area contributed by atoms with E-state index in [-0.39, 0.29) is 12.3 Å². The van der Waals surface area contributed by atoms with Gasteiger partial charge in [0.05, 0.1) is 6.61 Å². The molecule has 1 saturated heterocycles. The topological polar surface area (TPSA) is 49.9 Å². The monoisotopic (exact) mass is 256 g/mol. The van der Waals surface area contributed by atoms with Crippen LogP contribution in [0, 0.1) is 5.92 Å². The molecule has 104 valence electrons. The average molecular weight is 256 g/mol. The zero-order valence-electron chi connectivity index (χ0n) is 11.6. The van der Waals surface area contributed by atoms with Gasteiger partial charge >= 0.3 is 5.97 Å². The average Bonchev–Trinajstić information content (AvgIpc) is 2.32. The summed E-state index contributed by atoms with van der Waals surface area (Å²) in [4.78, 5) is 27.0. The highest BCUT2D eigenvalue weighted by Gasteiger charge is 2.21. The van der Waals surface area contributed by atoms with Crippen molar-refractivity contribution in [2.45, 2.75) is 26.2 Å². The molecule has 0 aromatic heterocycles. The second kappa shape index (κ2) is 7.36. The van der Waals surface area contributed by atoms with Gasteiger partial charge in [-0.2, -0.15) is 0 Å². The molecule has 1 aliphatic heterocycles. The van der Waals surface area contributed by atoms with Gasteiger partial charge in [-0.1, -0.05) is 0 Å². The standard InChI is InChI=1S/C13H24N2O3/c1-4-18-13(17)9-12(16)15(3)10-11-5-7-14(2)8-6-11/h11H,4-10H2,1-3H3. The molecule has 0 N–H and O–H groups in total. The van der Waals surface area contributed by atoms with Crippen LogP contribution in [0.2, 0.25) is 0 Å². The summed E-state index contributed by atoms with van der Waals surface area (Å²) in [6.45, 7) is 4.98. The first kappa shape index (κ1) is 15.0. The van der Waals surface area contributed by atoms with E-state index in [2.05, 4.69) is 11.9 Å². The lowest BCUT2D eigenvalue weighted by Gasteiger charge is -2.31. The van der Waals surface area contributed by atoms with Crippen LogP contribution in [-0.2, 0) is 14.3 Å². The van der Waals surface area contributed by atoms with Gasteiger partial charge in [-0.05, 0) is 45.8 Å². The zero-order chi connectivity index (χ0) is 13.5. The van der Waals surface area contributed by atoms with Crippen molar-refractivity contribution in [3.05, 3.63) is 0 Å². The van der Waals surface area contributed by atoms with E-state index in [1.165, 1.54) is 0 Å². The molecule has 0 radical (unpaired) electrons. The summed E-state index contributed by atoms with van der Waals surface area (Å²) in [6, 6.07) is 0. The first-order valence-electron chi connectivity index (χ1n) is 6.61. The predicted octanol–water partition coefficient (Wildman–Crippen LogP) is 0.740. The number of hydrogen-bond acceptors (Lipinski definition) is 4. The summed E-state index contributed by atoms with van der Waals surface area (Å²) in [5.74, 6) is -0.0255. The Hall–Kier alpha value is -1.10. The van der Waals surface area contributed by atoms with Gasteiger partial charge < -0.3 is 14.5 Å². The molecule has 0 bridgehead atoms. The molecule has 0 aromatic rings. The van der Waals surface area contributed by atoms with Crippen molar-refractivity contribution in [3.63, 3.8) is 0 Å². The first-order chi connectivity index (χ1) is 8.52. The summed E-state index contributed by atoms with van der Waals surface area (Å²) in [6.07, 6.45) is 2.10. The third-order valence-electron chi connectivity index (χ3n) is 3.40. The van der Waals surface area contributed by atoms with Crippen LogP contribution in [0.15, 0.2) is 0 Å². The van der Waals surface area contributed by atoms with Crippen LogP contribution >= 0.6 is 0 Å². The number of esters is 1. The van der Waals surface area contributed by atoms with E-state index in [0.717, 1.165) is 32.5 Å². The molecule has 0 atom stereocenters. The van der Waals surface area contributed by atoms with Gasteiger partial charge in [-0.25, -0.2) is 0 Å². The van der Waals surface area contributed by atoms with E-state index in [1.807, 2.05) is 0 Å². The van der Waals surface area contributed by atoms with Crippen molar-refractivity contribution in [2.24, 2.45) is 5.92 Å². The maximum absolute atomic E-state index is 11.8. The smallest absolute Gasteiger partial charge is 0.315 e. The lowest BCUT2D eigenvalue weighted by atomic mass is 9.96. The Kier molecular flexibility index (Phi) is 6.12. The Morgan fingerprint density at radius 2 is 1.94 bits per heavy atom. The lowest BCUT2D eigenvalue weighted by Crippen LogP contribution is -2.38. The van der Waals surface area contributed by atoms with Gasteiger partial charge in [0.15, 0.2) is 0 Å². The Morgan fingerprint density at radius 1 is 1.33 bits per heavy atom. The largest absolute Gasteiger partial charge is 0.466 e. The lowest BCUT2D eigenvalue weighted by molar-refractivity contribution is -0.148. The van der Waals surface area contributed by atoms with Crippen molar-refractivity contribution in [1.82, 2.24) is 9.80 Å². The number of ether oxygens (including phenoxy) is 1. The molecule has 0 aliphatic carbocycles. The Labute approximate surface area is 109 Å². The number of nitrogens with zero attached hydrogens (tertiary/aromatic N) is 2. The highest BCUT2D eigenvalue weighted by atomic mass is 16.5. The number of hydrogen-bond donors (Lipinski definition) is 0. The number of piperidine rings is 1. The van der Waals surface area contributed by atoms with Crippen molar-refractivity contribution in [3.8, 4) is 0 Å². The van der Waals surface area contributed by atoms with Crippen molar-refractivity contribution < 1.29 is 14.3 Å². The number of rotatable bonds is 5. The molecule has 5 heteroatoms. The molecule has 18 heavy (non-hydrogen) atoms. The van der Waals surface area contributed by atoms with Crippen LogP contribution < -0.4 is 0 Å². The third-order valence-corrected chi connectivity index (χ3v) is 3.40. The fourth-order valence-electron chi connectivity index (χ4n) is 2.20. The van der Waals surface area contributed by atoms with Gasteiger partial charge in [-0.15, -0.1) is 0 Å². The van der Waals surface area contributed by atoms with Crippen molar-refractivity contribution in [2.75, 3.05) is 40.3 Å². The second-order valence-electron chi connectivity index (χ2n) is 5.00. The van der Waals surface area contributed by atoms with Gasteiger partial charge in [0.1, 0.15) is 6.42 Å². The van der Waals surface area contributed by atoms with Crippen LogP contribution in [0.4, 0.5) is 0 Å². The van der Waals surface area contributed by atoms with E-state index in [9.17, 15) is 9.59 Å². The summed E-state index contributed by atoms with van der Waals surface area (Å²) in [7, 11) is 3.88. The number of carbonyl (C=O) groups is 2. The fourth-order valence-corrected chi connectivity index (χ4v) is 2.20. The molecule has 0 saturated carbocycles. The fraction of sp³-hybridized carbons (Fsp3) is 0.846. The minimum absolute atomic E-state index is 0.142. The summed E-state index contributed by atoms with van der Waals surface area (Å²) < 4.78 is 4.77. The molecule has 5 nitrogen and oxygen atoms in total. The molecule has 1 fully saturated rings. The Morgan fingerprint density at radius 3 is 2.50 bits per heavy atom. The Balaban J connectivity index is 2.29. The van der Waals surface area contributed by atoms with Gasteiger partial charge in [-0.3, -0.25) is 9.59 Å². The summed E-state index contributed by atoms with van der Waals surface area (Å²) in [5, 5.41) is 0. The van der Waals surface area contributed by atoms with Crippen LogP contribution in [0.3, 0.4) is 0 Å². The summed E-state index contributed by atoms with van der Waals surface area (Å²) >= 11 is 0. The highest BCUT2D eigenvalue weighted by molar-refractivity contribution is 5.94. The zero-order valence-corrected chi connectivity index (χ0v) is 11.6. The van der Waals surface area contributed by atoms with E-state index in [0.29, 0.717) is 12.5 Å². The normalized spacial score (nSPS) is 17.5. The molecular formula is C13H24N2O3. The van der Waals surface area contributed by atoms with E-state index < -0.39 is 5.97 Å². The van der Waals surface area contributed by atoms with Crippen LogP contribution in [0.25, 0.3) is 0 Å². The first-order valence-corrected chi connectivity index (χ1v) is 6.61. The molecule has 1 heterocycles. The number of carbonyl (C=O) groups excluding carboxylic acids is 2. The van der Waals surface area contributed by atoms with Gasteiger partial charge in [0.2, 0.25) is 5.91 Å². The van der Waals surface area contributed by atoms with Gasteiger partial charge in [0, 0.05) is 13.6 Å². The number of likely N-dealkylation sites (tertiary alicyclic amines) is 1. The molecule has 0 spiro atoms. The third kappa shape index (κ3) is 5.04. The second-order valence-corrected chi connectivity index (χ2v) is 5.00. The van der Waals surface area contributed by atoms with E-state index in [4.69, 9.17) is 4.74 Å². The molecular weight excluding hydrogens is 232 g/mol. The maximum atomic E-state index is 11.8. The predicted molar refractivity (Wildman–Crippen MR) is 69.1 cm³/mol. The molecule has 1 amide bonds. The van der Waals surface area contributed by atoms with Crippen molar-refractivity contribution >= 4 is 11.9 Å². The highest BCUT2D eigenvalue weighted by Crippen LogP contribution is 2.17. The van der Waals surface area contributed by atoms with Crippen LogP contribution in [-0.4, -0.2) is 62.0 Å². The molecule has 1 rings (SSSR count). The minimum atomic E-state index is -0.433. The van der Waals surface area contributed by atoms with E-state index in [1.54, 1.807) is 18.9 Å². The van der Waals surface area contributed by atoms with Crippen LogP contribution in [0.5, 0.6) is 0 Å².